The number of aromatic carboxylic acids is 1. The minimum atomic E-state index is -3.80. The van der Waals surface area contributed by atoms with Crippen molar-refractivity contribution in [2.45, 2.75) is 32.6 Å². The highest BCUT2D eigenvalue weighted by Gasteiger charge is 2.23. The molecule has 20 heavy (non-hydrogen) atoms. The molecule has 0 fully saturated rings. The smallest absolute Gasteiger partial charge is 0.336 e. The molecular formula is C13H18ClNO4S. The second-order valence-electron chi connectivity index (χ2n) is 5.77. The number of carbonyl (C=O) groups is 1. The van der Waals surface area contributed by atoms with Gasteiger partial charge in [0.2, 0.25) is 10.0 Å². The van der Waals surface area contributed by atoms with Gasteiger partial charge in [0, 0.05) is 11.6 Å². The summed E-state index contributed by atoms with van der Waals surface area (Å²) in [6, 6.07) is 2.50. The van der Waals surface area contributed by atoms with Crippen LogP contribution >= 0.6 is 11.6 Å². The predicted octanol–water partition coefficient (Wildman–Crippen LogP) is 2.67. The van der Waals surface area contributed by atoms with E-state index in [9.17, 15) is 13.2 Å². The zero-order valence-electron chi connectivity index (χ0n) is 11.8. The van der Waals surface area contributed by atoms with E-state index in [0.29, 0.717) is 0 Å². The Morgan fingerprint density at radius 3 is 2.35 bits per heavy atom. The minimum absolute atomic E-state index is 0.0733. The molecule has 0 amide bonds. The van der Waals surface area contributed by atoms with E-state index in [0.717, 1.165) is 0 Å². The SMILES string of the molecule is Cc1c(C(=O)O)cc(Cl)cc1S(=O)(=O)NCC(C)(C)C. The summed E-state index contributed by atoms with van der Waals surface area (Å²) in [5, 5.41) is 9.14. The number of rotatable bonds is 4. The van der Waals surface area contributed by atoms with E-state index in [2.05, 4.69) is 4.72 Å². The van der Waals surface area contributed by atoms with Crippen LogP contribution in [0.4, 0.5) is 0 Å². The lowest BCUT2D eigenvalue weighted by atomic mass is 9.98. The molecule has 7 heteroatoms. The maximum absolute atomic E-state index is 12.3. The van der Waals surface area contributed by atoms with Crippen LogP contribution in [0.25, 0.3) is 0 Å². The number of hydrogen-bond donors (Lipinski definition) is 2. The summed E-state index contributed by atoms with van der Waals surface area (Å²) in [6.07, 6.45) is 0. The molecule has 0 aromatic heterocycles. The number of hydrogen-bond acceptors (Lipinski definition) is 3. The molecule has 1 aromatic carbocycles. The zero-order valence-corrected chi connectivity index (χ0v) is 13.4. The first-order chi connectivity index (χ1) is 8.94. The van der Waals surface area contributed by atoms with Gasteiger partial charge in [0.15, 0.2) is 0 Å². The Balaban J connectivity index is 3.29. The lowest BCUT2D eigenvalue weighted by Crippen LogP contribution is -2.32. The molecule has 0 aliphatic carbocycles. The van der Waals surface area contributed by atoms with Crippen molar-refractivity contribution in [1.29, 1.82) is 0 Å². The summed E-state index contributed by atoms with van der Waals surface area (Å²) < 4.78 is 27.0. The standard InChI is InChI=1S/C13H18ClNO4S/c1-8-10(12(16)17)5-9(14)6-11(8)20(18,19)15-7-13(2,3)4/h5-6,15H,7H2,1-4H3,(H,16,17). The van der Waals surface area contributed by atoms with Crippen molar-refractivity contribution in [2.24, 2.45) is 5.41 Å². The Hall–Kier alpha value is -1.11. The van der Waals surface area contributed by atoms with Gasteiger partial charge in [-0.25, -0.2) is 17.9 Å². The number of benzene rings is 1. The van der Waals surface area contributed by atoms with Crippen molar-refractivity contribution in [2.75, 3.05) is 6.54 Å². The van der Waals surface area contributed by atoms with Crippen LogP contribution in [0, 0.1) is 12.3 Å². The molecule has 0 radical (unpaired) electrons. The molecule has 1 aromatic rings. The van der Waals surface area contributed by atoms with E-state index in [4.69, 9.17) is 16.7 Å². The maximum atomic E-state index is 12.3. The molecule has 0 atom stereocenters. The Morgan fingerprint density at radius 1 is 1.35 bits per heavy atom. The fourth-order valence-corrected chi connectivity index (χ4v) is 3.40. The van der Waals surface area contributed by atoms with Crippen molar-refractivity contribution in [3.05, 3.63) is 28.3 Å². The van der Waals surface area contributed by atoms with Gasteiger partial charge in [-0.3, -0.25) is 0 Å². The molecule has 5 nitrogen and oxygen atoms in total. The first-order valence-electron chi connectivity index (χ1n) is 5.97. The Labute approximate surface area is 124 Å². The average molecular weight is 320 g/mol. The third-order valence-corrected chi connectivity index (χ3v) is 4.38. The Bertz CT molecular complexity index is 633. The highest BCUT2D eigenvalue weighted by atomic mass is 35.5. The average Bonchev–Trinajstić information content (AvgIpc) is 2.28. The summed E-state index contributed by atoms with van der Waals surface area (Å²) >= 11 is 5.81. The van der Waals surface area contributed by atoms with Crippen molar-refractivity contribution in [3.63, 3.8) is 0 Å². The quantitative estimate of drug-likeness (QED) is 0.893. The second-order valence-corrected chi connectivity index (χ2v) is 7.94. The van der Waals surface area contributed by atoms with E-state index in [1.165, 1.54) is 19.1 Å². The van der Waals surface area contributed by atoms with E-state index < -0.39 is 16.0 Å². The van der Waals surface area contributed by atoms with Gasteiger partial charge in [0.05, 0.1) is 10.5 Å². The molecule has 0 saturated carbocycles. The maximum Gasteiger partial charge on any atom is 0.336 e. The number of carboxylic acid groups (broad SMARTS) is 1. The van der Waals surface area contributed by atoms with Crippen LogP contribution < -0.4 is 4.72 Å². The largest absolute Gasteiger partial charge is 0.478 e. The molecule has 0 bridgehead atoms. The van der Waals surface area contributed by atoms with Crippen LogP contribution in [-0.2, 0) is 10.0 Å². The van der Waals surface area contributed by atoms with Crippen molar-refractivity contribution in [3.8, 4) is 0 Å². The zero-order chi connectivity index (χ0) is 15.7. The number of sulfonamides is 1. The highest BCUT2D eigenvalue weighted by molar-refractivity contribution is 7.89. The van der Waals surface area contributed by atoms with Gasteiger partial charge in [-0.1, -0.05) is 32.4 Å². The van der Waals surface area contributed by atoms with Crippen LogP contribution in [0.2, 0.25) is 5.02 Å². The normalized spacial score (nSPS) is 12.4. The van der Waals surface area contributed by atoms with Crippen LogP contribution in [-0.4, -0.2) is 26.0 Å². The lowest BCUT2D eigenvalue weighted by Gasteiger charge is -2.19. The van der Waals surface area contributed by atoms with E-state index >= 15 is 0 Å². The van der Waals surface area contributed by atoms with Crippen molar-refractivity contribution in [1.82, 2.24) is 4.72 Å². The van der Waals surface area contributed by atoms with Crippen molar-refractivity contribution >= 4 is 27.6 Å². The van der Waals surface area contributed by atoms with Crippen molar-refractivity contribution < 1.29 is 18.3 Å². The number of halogens is 1. The van der Waals surface area contributed by atoms with Crippen LogP contribution in [0.3, 0.4) is 0 Å². The van der Waals surface area contributed by atoms with Gasteiger partial charge in [-0.2, -0.15) is 0 Å². The van der Waals surface area contributed by atoms with Crippen LogP contribution in [0.5, 0.6) is 0 Å². The fourth-order valence-electron chi connectivity index (χ4n) is 1.54. The third-order valence-electron chi connectivity index (χ3n) is 2.64. The van der Waals surface area contributed by atoms with Crippen LogP contribution in [0.1, 0.15) is 36.7 Å². The predicted molar refractivity (Wildman–Crippen MR) is 77.8 cm³/mol. The summed E-state index contributed by atoms with van der Waals surface area (Å²) in [5.74, 6) is -1.21. The van der Waals surface area contributed by atoms with E-state index in [1.54, 1.807) is 0 Å². The first-order valence-corrected chi connectivity index (χ1v) is 7.83. The van der Waals surface area contributed by atoms with Gasteiger partial charge in [-0.05, 0) is 30.0 Å². The van der Waals surface area contributed by atoms with E-state index in [-0.39, 0.29) is 33.0 Å². The van der Waals surface area contributed by atoms with Gasteiger partial charge < -0.3 is 5.11 Å². The third kappa shape index (κ3) is 4.19. The molecule has 2 N–H and O–H groups in total. The molecule has 0 unspecified atom stereocenters. The Kier molecular flexibility index (Phi) is 4.84. The molecule has 0 spiro atoms. The molecule has 0 heterocycles. The molecular weight excluding hydrogens is 302 g/mol. The summed E-state index contributed by atoms with van der Waals surface area (Å²) in [6.45, 7) is 7.37. The molecule has 0 saturated heterocycles. The number of nitrogens with one attached hydrogen (secondary N) is 1. The summed E-state index contributed by atoms with van der Waals surface area (Å²) in [7, 11) is -3.80. The second kappa shape index (κ2) is 5.71. The molecule has 0 aliphatic rings. The minimum Gasteiger partial charge on any atom is -0.478 e. The van der Waals surface area contributed by atoms with Crippen LogP contribution in [0.15, 0.2) is 17.0 Å². The Morgan fingerprint density at radius 2 is 1.90 bits per heavy atom. The van der Waals surface area contributed by atoms with Gasteiger partial charge >= 0.3 is 5.97 Å². The fraction of sp³-hybridized carbons (Fsp3) is 0.462. The van der Waals surface area contributed by atoms with Gasteiger partial charge in [-0.15, -0.1) is 0 Å². The van der Waals surface area contributed by atoms with E-state index in [1.807, 2.05) is 20.8 Å². The highest BCUT2D eigenvalue weighted by Crippen LogP contribution is 2.25. The van der Waals surface area contributed by atoms with Gasteiger partial charge in [0.1, 0.15) is 0 Å². The monoisotopic (exact) mass is 319 g/mol. The van der Waals surface area contributed by atoms with Gasteiger partial charge in [0.25, 0.3) is 0 Å². The summed E-state index contributed by atoms with van der Waals surface area (Å²) in [4.78, 5) is 11.0. The lowest BCUT2D eigenvalue weighted by molar-refractivity contribution is 0.0696. The molecule has 112 valence electrons. The topological polar surface area (TPSA) is 83.5 Å². The molecule has 1 rings (SSSR count). The summed E-state index contributed by atoms with van der Waals surface area (Å²) in [5.41, 5.74) is -0.174. The first kappa shape index (κ1) is 16.9. The number of carboxylic acids is 1. The molecule has 0 aliphatic heterocycles.